The third-order valence-electron chi connectivity index (χ3n) is 4.46. The summed E-state index contributed by atoms with van der Waals surface area (Å²) in [6, 6.07) is 1.34. The summed E-state index contributed by atoms with van der Waals surface area (Å²) in [7, 11) is 0. The number of aryl methyl sites for hydroxylation is 1. The highest BCUT2D eigenvalue weighted by molar-refractivity contribution is 5.69. The molecule has 3 rings (SSSR count). The Labute approximate surface area is 158 Å². The van der Waals surface area contributed by atoms with Crippen LogP contribution in [0.2, 0.25) is 0 Å². The summed E-state index contributed by atoms with van der Waals surface area (Å²) in [5.74, 6) is -0.382. The number of imidazole rings is 1. The molecule has 2 N–H and O–H groups in total. The first-order valence-corrected chi connectivity index (χ1v) is 9.25. The Balaban J connectivity index is 1.73. The van der Waals surface area contributed by atoms with E-state index >= 15 is 0 Å². The van der Waals surface area contributed by atoms with Crippen molar-refractivity contribution < 1.29 is 13.9 Å². The van der Waals surface area contributed by atoms with E-state index in [2.05, 4.69) is 15.6 Å². The summed E-state index contributed by atoms with van der Waals surface area (Å²) in [4.78, 5) is 18.6. The van der Waals surface area contributed by atoms with E-state index < -0.39 is 5.60 Å². The standard InChI is InChI=1S/C19H28FN5O2/c1-12-10-24-11-14(6-16(20)17(24)23-12)22-9-15-8-21-7-13(2)25(15)18(26)27-19(3,4)5/h6,10-11,13,15,21-22H,7-9H2,1-5H3/t13-,15+/m1/s1. The Hall–Kier alpha value is -2.35. The van der Waals surface area contributed by atoms with Crippen molar-refractivity contribution in [2.24, 2.45) is 0 Å². The number of nitrogens with one attached hydrogen (secondary N) is 2. The molecule has 1 amide bonds. The Morgan fingerprint density at radius 1 is 1.41 bits per heavy atom. The van der Waals surface area contributed by atoms with Crippen molar-refractivity contribution in [2.45, 2.75) is 52.3 Å². The number of carbonyl (C=O) groups excluding carboxylic acids is 1. The number of anilines is 1. The van der Waals surface area contributed by atoms with Crippen molar-refractivity contribution in [3.8, 4) is 0 Å². The van der Waals surface area contributed by atoms with Gasteiger partial charge in [-0.15, -0.1) is 0 Å². The van der Waals surface area contributed by atoms with Crippen molar-refractivity contribution in [3.63, 3.8) is 0 Å². The van der Waals surface area contributed by atoms with E-state index in [1.54, 1.807) is 21.7 Å². The lowest BCUT2D eigenvalue weighted by molar-refractivity contribution is 0.00227. The molecule has 0 spiro atoms. The lowest BCUT2D eigenvalue weighted by Crippen LogP contribution is -2.61. The number of ether oxygens (including phenoxy) is 1. The molecular weight excluding hydrogens is 349 g/mol. The molecule has 2 atom stereocenters. The van der Waals surface area contributed by atoms with Gasteiger partial charge in [0.2, 0.25) is 0 Å². The summed E-state index contributed by atoms with van der Waals surface area (Å²) in [6.45, 7) is 11.2. The minimum atomic E-state index is -0.549. The van der Waals surface area contributed by atoms with Crippen LogP contribution in [0.15, 0.2) is 18.5 Å². The number of hydrogen-bond acceptors (Lipinski definition) is 5. The molecule has 1 fully saturated rings. The quantitative estimate of drug-likeness (QED) is 0.861. The molecule has 0 aromatic carbocycles. The minimum absolute atomic E-state index is 0.0101. The van der Waals surface area contributed by atoms with Crippen molar-refractivity contribution in [2.75, 3.05) is 25.0 Å². The number of nitrogens with zero attached hydrogens (tertiary/aromatic N) is 3. The van der Waals surface area contributed by atoms with Crippen LogP contribution in [0.4, 0.5) is 14.9 Å². The summed E-state index contributed by atoms with van der Waals surface area (Å²) in [5, 5.41) is 6.58. The number of aromatic nitrogens is 2. The van der Waals surface area contributed by atoms with E-state index in [9.17, 15) is 9.18 Å². The fourth-order valence-electron chi connectivity index (χ4n) is 3.34. The van der Waals surface area contributed by atoms with Crippen LogP contribution in [0.3, 0.4) is 0 Å². The Morgan fingerprint density at radius 2 is 2.15 bits per heavy atom. The Bertz CT molecular complexity index is 829. The van der Waals surface area contributed by atoms with Crippen LogP contribution in [0.5, 0.6) is 0 Å². The van der Waals surface area contributed by atoms with Gasteiger partial charge in [-0.05, 0) is 34.6 Å². The van der Waals surface area contributed by atoms with Gasteiger partial charge < -0.3 is 19.8 Å². The van der Waals surface area contributed by atoms with Crippen molar-refractivity contribution >= 4 is 17.4 Å². The zero-order chi connectivity index (χ0) is 19.8. The summed E-state index contributed by atoms with van der Waals surface area (Å²) in [6.07, 6.45) is 3.26. The minimum Gasteiger partial charge on any atom is -0.444 e. The van der Waals surface area contributed by atoms with E-state index in [0.29, 0.717) is 31.0 Å². The van der Waals surface area contributed by atoms with Gasteiger partial charge in [0, 0.05) is 44.1 Å². The van der Waals surface area contributed by atoms with Crippen LogP contribution < -0.4 is 10.6 Å². The molecule has 27 heavy (non-hydrogen) atoms. The maximum atomic E-state index is 14.3. The molecule has 0 unspecified atom stereocenters. The van der Waals surface area contributed by atoms with E-state index in [-0.39, 0.29) is 24.0 Å². The van der Waals surface area contributed by atoms with Gasteiger partial charge in [-0.3, -0.25) is 4.90 Å². The van der Waals surface area contributed by atoms with Crippen LogP contribution in [0.1, 0.15) is 33.4 Å². The molecule has 0 radical (unpaired) electrons. The second-order valence-electron chi connectivity index (χ2n) is 8.12. The molecule has 8 heteroatoms. The predicted molar refractivity (Wildman–Crippen MR) is 103 cm³/mol. The van der Waals surface area contributed by atoms with Crippen LogP contribution in [0.25, 0.3) is 5.65 Å². The number of hydrogen-bond donors (Lipinski definition) is 2. The largest absolute Gasteiger partial charge is 0.444 e. The molecular formula is C19H28FN5O2. The van der Waals surface area contributed by atoms with Gasteiger partial charge in [0.1, 0.15) is 5.60 Å². The van der Waals surface area contributed by atoms with Gasteiger partial charge >= 0.3 is 6.09 Å². The fraction of sp³-hybridized carbons (Fsp3) is 0.579. The first kappa shape index (κ1) is 19.4. The topological polar surface area (TPSA) is 70.9 Å². The van der Waals surface area contributed by atoms with Gasteiger partial charge in [0.25, 0.3) is 0 Å². The van der Waals surface area contributed by atoms with E-state index in [0.717, 1.165) is 5.69 Å². The number of halogens is 1. The van der Waals surface area contributed by atoms with Gasteiger partial charge in [-0.25, -0.2) is 14.2 Å². The van der Waals surface area contributed by atoms with Gasteiger partial charge in [0.15, 0.2) is 11.5 Å². The maximum absolute atomic E-state index is 14.3. The van der Waals surface area contributed by atoms with E-state index in [4.69, 9.17) is 4.74 Å². The number of carbonyl (C=O) groups is 1. The van der Waals surface area contributed by atoms with Crippen molar-refractivity contribution in [1.29, 1.82) is 0 Å². The SMILES string of the molecule is Cc1cn2cc(NC[C@@H]3CNC[C@@H](C)N3C(=O)OC(C)(C)C)cc(F)c2n1. The number of fused-ring (bicyclic) bond motifs is 1. The highest BCUT2D eigenvalue weighted by atomic mass is 19.1. The monoisotopic (exact) mass is 377 g/mol. The summed E-state index contributed by atoms with van der Waals surface area (Å²) < 4.78 is 21.5. The Morgan fingerprint density at radius 3 is 2.85 bits per heavy atom. The second kappa shape index (κ2) is 7.34. The second-order valence-corrected chi connectivity index (χ2v) is 8.12. The third kappa shape index (κ3) is 4.50. The van der Waals surface area contributed by atoms with E-state index in [1.807, 2.05) is 34.6 Å². The fourth-order valence-corrected chi connectivity index (χ4v) is 3.34. The van der Waals surface area contributed by atoms with Crippen LogP contribution in [-0.4, -0.2) is 57.7 Å². The molecule has 148 valence electrons. The lowest BCUT2D eigenvalue weighted by atomic mass is 10.1. The molecule has 0 bridgehead atoms. The predicted octanol–water partition coefficient (Wildman–Crippen LogP) is 2.79. The lowest BCUT2D eigenvalue weighted by Gasteiger charge is -2.41. The molecule has 3 heterocycles. The van der Waals surface area contributed by atoms with Gasteiger partial charge in [0.05, 0.1) is 17.4 Å². The molecule has 1 aliphatic heterocycles. The van der Waals surface area contributed by atoms with Crippen molar-refractivity contribution in [3.05, 3.63) is 30.0 Å². The molecule has 2 aromatic heterocycles. The smallest absolute Gasteiger partial charge is 0.410 e. The van der Waals surface area contributed by atoms with E-state index in [1.165, 1.54) is 6.07 Å². The molecule has 0 saturated carbocycles. The molecule has 2 aromatic rings. The van der Waals surface area contributed by atoms with Gasteiger partial charge in [-0.2, -0.15) is 0 Å². The highest BCUT2D eigenvalue weighted by Gasteiger charge is 2.34. The summed E-state index contributed by atoms with van der Waals surface area (Å²) in [5.41, 5.74) is 1.15. The number of amides is 1. The number of rotatable bonds is 3. The van der Waals surface area contributed by atoms with Crippen LogP contribution >= 0.6 is 0 Å². The first-order chi connectivity index (χ1) is 12.6. The molecule has 1 saturated heterocycles. The van der Waals surface area contributed by atoms with Crippen LogP contribution in [0, 0.1) is 12.7 Å². The maximum Gasteiger partial charge on any atom is 0.410 e. The average Bonchev–Trinajstić information content (AvgIpc) is 2.92. The average molecular weight is 377 g/mol. The highest BCUT2D eigenvalue weighted by Crippen LogP contribution is 2.19. The zero-order valence-corrected chi connectivity index (χ0v) is 16.5. The number of pyridine rings is 1. The van der Waals surface area contributed by atoms with Crippen LogP contribution in [-0.2, 0) is 4.74 Å². The first-order valence-electron chi connectivity index (χ1n) is 9.25. The molecule has 0 aliphatic carbocycles. The van der Waals surface area contributed by atoms with Gasteiger partial charge in [-0.1, -0.05) is 0 Å². The molecule has 7 nitrogen and oxygen atoms in total. The normalized spacial score (nSPS) is 20.7. The van der Waals surface area contributed by atoms with Crippen molar-refractivity contribution in [1.82, 2.24) is 19.6 Å². The zero-order valence-electron chi connectivity index (χ0n) is 16.5. The molecule has 1 aliphatic rings. The summed E-state index contributed by atoms with van der Waals surface area (Å²) >= 11 is 0. The third-order valence-corrected chi connectivity index (χ3v) is 4.46. The number of piperazine rings is 1. The Kier molecular flexibility index (Phi) is 5.28.